The summed E-state index contributed by atoms with van der Waals surface area (Å²) in [7, 11) is 0. The highest BCUT2D eigenvalue weighted by Gasteiger charge is 1.88. The number of carbonyl (C=O) groups is 1. The van der Waals surface area contributed by atoms with Gasteiger partial charge in [-0.25, -0.2) is 0 Å². The number of rotatable bonds is 2. The third-order valence-corrected chi connectivity index (χ3v) is 0.450. The molecule has 40 valence electrons. The Balaban J connectivity index is 2.82. The van der Waals surface area contributed by atoms with Crippen molar-refractivity contribution in [3.05, 3.63) is 6.92 Å². The minimum absolute atomic E-state index is 0.233. The van der Waals surface area contributed by atoms with E-state index in [1.54, 1.807) is 0 Å². The Hall–Kier alpha value is -0.660. The summed E-state index contributed by atoms with van der Waals surface area (Å²) >= 11 is 0. The lowest BCUT2D eigenvalue weighted by Gasteiger charge is -1.91. The Bertz CT molecular complexity index is 59.1. The second-order valence-electron chi connectivity index (χ2n) is 1.19. The molecule has 0 aromatic rings. The van der Waals surface area contributed by atoms with Gasteiger partial charge in [0.25, 0.3) is 0 Å². The van der Waals surface area contributed by atoms with Crippen molar-refractivity contribution in [3.8, 4) is 0 Å². The normalized spacial score (nSPS) is 8.14. The van der Waals surface area contributed by atoms with Crippen molar-refractivity contribution in [2.24, 2.45) is 0 Å². The van der Waals surface area contributed by atoms with Crippen LogP contribution in [0.4, 0.5) is 0 Å². The molecule has 0 heterocycles. The predicted octanol–water partition coefficient (Wildman–Crippen LogP) is 0.774. The monoisotopic (exact) mass is 101 g/mol. The summed E-state index contributed by atoms with van der Waals surface area (Å²) in [6.07, 6.45) is 0.652. The lowest BCUT2D eigenvalue weighted by Crippen LogP contribution is -1.98. The first-order chi connectivity index (χ1) is 3.27. The van der Waals surface area contributed by atoms with Crippen LogP contribution in [0.25, 0.3) is 0 Å². The fourth-order valence-electron chi connectivity index (χ4n) is 0.216. The Labute approximate surface area is 43.5 Å². The molecule has 0 rings (SSSR count). The van der Waals surface area contributed by atoms with Crippen molar-refractivity contribution in [1.29, 1.82) is 0 Å². The number of hydrogen-bond acceptors (Lipinski definition) is 2. The van der Waals surface area contributed by atoms with E-state index in [1.807, 2.05) is 0 Å². The zero-order chi connectivity index (χ0) is 5.70. The molecule has 0 atom stereocenters. The zero-order valence-electron chi connectivity index (χ0n) is 4.44. The van der Waals surface area contributed by atoms with Crippen LogP contribution >= 0.6 is 0 Å². The van der Waals surface area contributed by atoms with E-state index in [2.05, 4.69) is 11.7 Å². The summed E-state index contributed by atoms with van der Waals surface area (Å²) < 4.78 is 4.49. The molecule has 0 spiro atoms. The third-order valence-electron chi connectivity index (χ3n) is 0.450. The first-order valence-corrected chi connectivity index (χ1v) is 2.20. The van der Waals surface area contributed by atoms with Crippen molar-refractivity contribution in [3.63, 3.8) is 0 Å². The van der Waals surface area contributed by atoms with Gasteiger partial charge in [-0.05, 0) is 0 Å². The van der Waals surface area contributed by atoms with E-state index in [-0.39, 0.29) is 5.97 Å². The molecule has 0 aliphatic carbocycles. The lowest BCUT2D eigenvalue weighted by molar-refractivity contribution is -0.140. The molecule has 0 saturated heterocycles. The Morgan fingerprint density at radius 1 is 1.86 bits per heavy atom. The summed E-state index contributed by atoms with van der Waals surface area (Å²) in [6.45, 7) is 5.30. The van der Waals surface area contributed by atoms with Crippen molar-refractivity contribution in [2.45, 2.75) is 13.3 Å². The molecule has 0 bridgehead atoms. The molecule has 0 unspecified atom stereocenters. The second kappa shape index (κ2) is 3.53. The average molecular weight is 101 g/mol. The van der Waals surface area contributed by atoms with E-state index < -0.39 is 0 Å². The third kappa shape index (κ3) is 5.34. The maximum absolute atomic E-state index is 9.95. The van der Waals surface area contributed by atoms with E-state index in [4.69, 9.17) is 0 Å². The SMILES string of the molecule is [CH2+]CCOC(C)=O. The Morgan fingerprint density at radius 2 is 2.43 bits per heavy atom. The van der Waals surface area contributed by atoms with Gasteiger partial charge in [-0.3, -0.25) is 4.79 Å². The van der Waals surface area contributed by atoms with Gasteiger partial charge in [0.2, 0.25) is 0 Å². The first-order valence-electron chi connectivity index (χ1n) is 2.20. The predicted molar refractivity (Wildman–Crippen MR) is 26.6 cm³/mol. The van der Waals surface area contributed by atoms with E-state index >= 15 is 0 Å². The van der Waals surface area contributed by atoms with Gasteiger partial charge in [0.1, 0.15) is 13.0 Å². The number of carbonyl (C=O) groups excluding carboxylic acids is 1. The number of esters is 1. The minimum Gasteiger partial charge on any atom is -0.461 e. The zero-order valence-corrected chi connectivity index (χ0v) is 4.44. The molecule has 0 radical (unpaired) electrons. The van der Waals surface area contributed by atoms with Crippen LogP contribution in [0.3, 0.4) is 0 Å². The molecule has 0 aromatic heterocycles. The van der Waals surface area contributed by atoms with Crippen LogP contribution in [0.2, 0.25) is 0 Å². The summed E-state index contributed by atoms with van der Waals surface area (Å²) in [4.78, 5) is 9.95. The molecular weight excluding hydrogens is 92.1 g/mol. The highest BCUT2D eigenvalue weighted by atomic mass is 16.5. The van der Waals surface area contributed by atoms with Crippen LogP contribution in [-0.2, 0) is 9.53 Å². The fraction of sp³-hybridized carbons (Fsp3) is 0.600. The summed E-state index contributed by atoms with van der Waals surface area (Å²) in [6, 6.07) is 0. The second-order valence-corrected chi connectivity index (χ2v) is 1.19. The van der Waals surface area contributed by atoms with Crippen LogP contribution in [0.5, 0.6) is 0 Å². The Kier molecular flexibility index (Phi) is 3.19. The van der Waals surface area contributed by atoms with Gasteiger partial charge in [0.05, 0.1) is 6.92 Å². The van der Waals surface area contributed by atoms with E-state index in [0.717, 1.165) is 0 Å². The average Bonchev–Trinajstić information content (AvgIpc) is 1.61. The molecule has 0 aromatic carbocycles. The highest BCUT2D eigenvalue weighted by molar-refractivity contribution is 5.65. The quantitative estimate of drug-likeness (QED) is 0.379. The van der Waals surface area contributed by atoms with Gasteiger partial charge in [-0.2, -0.15) is 0 Å². The van der Waals surface area contributed by atoms with E-state index in [9.17, 15) is 4.79 Å². The van der Waals surface area contributed by atoms with Crippen LogP contribution in [0.1, 0.15) is 13.3 Å². The standard InChI is InChI=1S/C5H9O2/c1-3-4-7-5(2)6/h1,3-4H2,2H3/q+1. The molecule has 0 aliphatic rings. The van der Waals surface area contributed by atoms with Gasteiger partial charge in [-0.15, -0.1) is 0 Å². The van der Waals surface area contributed by atoms with Crippen molar-refractivity contribution in [2.75, 3.05) is 6.61 Å². The molecule has 7 heavy (non-hydrogen) atoms. The molecule has 2 heteroatoms. The molecule has 0 N–H and O–H groups in total. The molecular formula is C5H9O2+. The van der Waals surface area contributed by atoms with Crippen molar-refractivity contribution >= 4 is 5.97 Å². The molecule has 0 fully saturated rings. The smallest absolute Gasteiger partial charge is 0.302 e. The molecule has 0 amide bonds. The van der Waals surface area contributed by atoms with Gasteiger partial charge < -0.3 is 4.74 Å². The van der Waals surface area contributed by atoms with Crippen LogP contribution in [-0.4, -0.2) is 12.6 Å². The highest BCUT2D eigenvalue weighted by Crippen LogP contribution is 1.78. The van der Waals surface area contributed by atoms with Crippen molar-refractivity contribution in [1.82, 2.24) is 0 Å². The summed E-state index contributed by atoms with van der Waals surface area (Å²) in [5.41, 5.74) is 0. The fourth-order valence-corrected chi connectivity index (χ4v) is 0.216. The van der Waals surface area contributed by atoms with Gasteiger partial charge in [0.15, 0.2) is 0 Å². The number of hydrogen-bond donors (Lipinski definition) is 0. The van der Waals surface area contributed by atoms with Gasteiger partial charge in [0, 0.05) is 6.92 Å². The topological polar surface area (TPSA) is 26.3 Å². The molecule has 0 aliphatic heterocycles. The first kappa shape index (κ1) is 6.34. The number of ether oxygens (including phenoxy) is 1. The summed E-state index contributed by atoms with van der Waals surface area (Å²) in [5, 5.41) is 0. The molecule has 2 nitrogen and oxygen atoms in total. The van der Waals surface area contributed by atoms with Crippen LogP contribution in [0, 0.1) is 6.92 Å². The van der Waals surface area contributed by atoms with Gasteiger partial charge in [-0.1, -0.05) is 0 Å². The minimum atomic E-state index is -0.233. The largest absolute Gasteiger partial charge is 0.461 e. The van der Waals surface area contributed by atoms with Crippen LogP contribution < -0.4 is 0 Å². The van der Waals surface area contributed by atoms with E-state index in [0.29, 0.717) is 13.0 Å². The maximum Gasteiger partial charge on any atom is 0.302 e. The Morgan fingerprint density at radius 3 is 2.57 bits per heavy atom. The molecule has 0 saturated carbocycles. The van der Waals surface area contributed by atoms with Crippen LogP contribution in [0.15, 0.2) is 0 Å². The summed E-state index contributed by atoms with van der Waals surface area (Å²) in [5.74, 6) is -0.233. The van der Waals surface area contributed by atoms with Crippen molar-refractivity contribution < 1.29 is 9.53 Å². The van der Waals surface area contributed by atoms with Gasteiger partial charge >= 0.3 is 5.97 Å². The lowest BCUT2D eigenvalue weighted by atomic mass is 10.5. The van der Waals surface area contributed by atoms with E-state index in [1.165, 1.54) is 6.92 Å². The maximum atomic E-state index is 9.95.